The number of hydrogen-bond acceptors (Lipinski definition) is 7. The van der Waals surface area contributed by atoms with Crippen molar-refractivity contribution in [3.8, 4) is 0 Å². The van der Waals surface area contributed by atoms with Crippen LogP contribution in [0.3, 0.4) is 0 Å². The van der Waals surface area contributed by atoms with Gasteiger partial charge in [-0.1, -0.05) is 13.0 Å². The monoisotopic (exact) mass is 327 g/mol. The zero-order chi connectivity index (χ0) is 16.9. The molecule has 8 nitrogen and oxygen atoms in total. The lowest BCUT2D eigenvalue weighted by Crippen LogP contribution is -2.50. The van der Waals surface area contributed by atoms with Crippen molar-refractivity contribution in [1.82, 2.24) is 4.90 Å². The molecule has 0 aromatic carbocycles. The smallest absolute Gasteiger partial charge is 0.419 e. The first-order valence-electron chi connectivity index (χ1n) is 7.56. The summed E-state index contributed by atoms with van der Waals surface area (Å²) in [5.74, 6) is -2.22. The lowest BCUT2D eigenvalue weighted by molar-refractivity contribution is -0.301. The van der Waals surface area contributed by atoms with E-state index in [4.69, 9.17) is 18.9 Å². The van der Waals surface area contributed by atoms with Gasteiger partial charge in [0.15, 0.2) is 18.1 Å². The van der Waals surface area contributed by atoms with E-state index in [1.165, 1.54) is 13.0 Å². The number of rotatable bonds is 3. The van der Waals surface area contributed by atoms with E-state index >= 15 is 0 Å². The van der Waals surface area contributed by atoms with E-state index in [0.29, 0.717) is 0 Å². The summed E-state index contributed by atoms with van der Waals surface area (Å²) in [6.07, 6.45) is -3.09. The van der Waals surface area contributed by atoms with E-state index in [1.54, 1.807) is 13.8 Å². The predicted molar refractivity (Wildman–Crippen MR) is 76.0 cm³/mol. The number of carbonyl (C=O) groups excluding carboxylic acids is 2. The molecule has 0 bridgehead atoms. The van der Waals surface area contributed by atoms with Gasteiger partial charge in [0.05, 0.1) is 18.6 Å². The van der Waals surface area contributed by atoms with E-state index in [9.17, 15) is 14.7 Å². The molecule has 0 aromatic rings. The van der Waals surface area contributed by atoms with Gasteiger partial charge >= 0.3 is 6.09 Å². The molecule has 3 heterocycles. The maximum absolute atomic E-state index is 12.5. The van der Waals surface area contributed by atoms with Crippen LogP contribution in [0.15, 0.2) is 12.7 Å². The van der Waals surface area contributed by atoms with Crippen LogP contribution >= 0.6 is 0 Å². The topological polar surface area (TPSA) is 94.5 Å². The van der Waals surface area contributed by atoms with E-state index in [2.05, 4.69) is 6.58 Å². The number of ether oxygens (including phenoxy) is 4. The first-order valence-corrected chi connectivity index (χ1v) is 7.56. The molecule has 2 amide bonds. The van der Waals surface area contributed by atoms with Crippen LogP contribution in [0, 0.1) is 5.92 Å². The molecule has 0 aromatic heterocycles. The normalized spacial score (nSPS) is 37.6. The van der Waals surface area contributed by atoms with Crippen molar-refractivity contribution in [2.24, 2.45) is 5.92 Å². The molecule has 23 heavy (non-hydrogen) atoms. The number of fused-ring (bicyclic) bond motifs is 3. The van der Waals surface area contributed by atoms with Crippen LogP contribution in [-0.4, -0.2) is 65.0 Å². The maximum Gasteiger partial charge on any atom is 0.419 e. The van der Waals surface area contributed by atoms with Gasteiger partial charge < -0.3 is 24.1 Å². The van der Waals surface area contributed by atoms with Crippen LogP contribution < -0.4 is 0 Å². The minimum atomic E-state index is -1.06. The minimum absolute atomic E-state index is 0.287. The van der Waals surface area contributed by atoms with Crippen molar-refractivity contribution >= 4 is 12.0 Å². The van der Waals surface area contributed by atoms with Gasteiger partial charge in [0, 0.05) is 0 Å². The van der Waals surface area contributed by atoms with Gasteiger partial charge in [0.25, 0.3) is 0 Å². The molecule has 3 aliphatic rings. The Kier molecular flexibility index (Phi) is 3.96. The highest BCUT2D eigenvalue weighted by molar-refractivity contribution is 5.95. The van der Waals surface area contributed by atoms with Gasteiger partial charge in [-0.05, 0) is 13.8 Å². The third-order valence-corrected chi connectivity index (χ3v) is 4.37. The number of hydrogen-bond donors (Lipinski definition) is 1. The first-order chi connectivity index (χ1) is 10.7. The highest BCUT2D eigenvalue weighted by atomic mass is 16.8. The quantitative estimate of drug-likeness (QED) is 0.749. The van der Waals surface area contributed by atoms with E-state index in [1.807, 2.05) is 0 Å². The molecule has 128 valence electrons. The van der Waals surface area contributed by atoms with E-state index < -0.39 is 54.3 Å². The second-order valence-corrected chi connectivity index (χ2v) is 6.43. The number of carbonyl (C=O) groups is 2. The van der Waals surface area contributed by atoms with Gasteiger partial charge in [0.1, 0.15) is 12.2 Å². The van der Waals surface area contributed by atoms with Crippen molar-refractivity contribution in [1.29, 1.82) is 0 Å². The Hall–Kier alpha value is -1.48. The van der Waals surface area contributed by atoms with Crippen LogP contribution in [0.2, 0.25) is 0 Å². The number of nitrogens with zero attached hydrogens (tertiary/aromatic N) is 1. The molecule has 0 spiro atoms. The molecule has 3 saturated heterocycles. The van der Waals surface area contributed by atoms with E-state index in [0.717, 1.165) is 4.90 Å². The molecule has 0 aliphatic carbocycles. The van der Waals surface area contributed by atoms with E-state index in [-0.39, 0.29) is 6.61 Å². The fraction of sp³-hybridized carbons (Fsp3) is 0.733. The molecule has 0 radical (unpaired) electrons. The summed E-state index contributed by atoms with van der Waals surface area (Å²) in [5, 5.41) is 9.76. The molecule has 3 rings (SSSR count). The fourth-order valence-corrected chi connectivity index (χ4v) is 3.02. The number of aliphatic hydroxyl groups excluding tert-OH is 1. The SMILES string of the molecule is C=C[C@H](O)[C@@H](C)C(=O)N1C(=O)O[C@@H]2[C@H]3OC(C)(C)OC[C@H]3O[C@@H]21. The first kappa shape index (κ1) is 16.4. The Labute approximate surface area is 133 Å². The third kappa shape index (κ3) is 2.65. The largest absolute Gasteiger partial charge is 0.438 e. The summed E-state index contributed by atoms with van der Waals surface area (Å²) >= 11 is 0. The number of amides is 2. The van der Waals surface area contributed by atoms with Gasteiger partial charge in [-0.3, -0.25) is 4.79 Å². The molecule has 8 heteroatoms. The highest BCUT2D eigenvalue weighted by Gasteiger charge is 2.61. The summed E-state index contributed by atoms with van der Waals surface area (Å²) in [6.45, 7) is 8.77. The molecule has 3 aliphatic heterocycles. The minimum Gasteiger partial charge on any atom is -0.438 e. The van der Waals surface area contributed by atoms with Crippen molar-refractivity contribution in [3.63, 3.8) is 0 Å². The Morgan fingerprint density at radius 3 is 2.83 bits per heavy atom. The third-order valence-electron chi connectivity index (χ3n) is 4.37. The number of aliphatic hydroxyl groups is 1. The summed E-state index contributed by atoms with van der Waals surface area (Å²) in [7, 11) is 0. The van der Waals surface area contributed by atoms with Crippen LogP contribution in [0.5, 0.6) is 0 Å². The standard InChI is InChI=1S/C15H21NO7/c1-5-8(17)7(2)12(18)16-13-11(22-14(16)19)10-9(21-13)6-20-15(3,4)23-10/h5,7-11,13,17H,1,6H2,2-4H3/t7-,8+,9-,10+,11-,13+/m1/s1. The molecule has 1 N–H and O–H groups in total. The van der Waals surface area contributed by atoms with Crippen LogP contribution in [-0.2, 0) is 23.7 Å². The number of imide groups is 1. The van der Waals surface area contributed by atoms with Gasteiger partial charge in [-0.15, -0.1) is 6.58 Å². The van der Waals surface area contributed by atoms with Crippen molar-refractivity contribution < 1.29 is 33.6 Å². The average molecular weight is 327 g/mol. The van der Waals surface area contributed by atoms with Crippen LogP contribution in [0.25, 0.3) is 0 Å². The Bertz CT molecular complexity index is 534. The van der Waals surface area contributed by atoms with Crippen LogP contribution in [0.4, 0.5) is 4.79 Å². The fourth-order valence-electron chi connectivity index (χ4n) is 3.02. The second kappa shape index (κ2) is 5.55. The highest BCUT2D eigenvalue weighted by Crippen LogP contribution is 2.40. The van der Waals surface area contributed by atoms with Gasteiger partial charge in [-0.2, -0.15) is 0 Å². The van der Waals surface area contributed by atoms with Crippen molar-refractivity contribution in [3.05, 3.63) is 12.7 Å². The summed E-state index contributed by atoms with van der Waals surface area (Å²) in [6, 6.07) is 0. The zero-order valence-electron chi connectivity index (χ0n) is 13.3. The molecule has 0 saturated carbocycles. The van der Waals surface area contributed by atoms with Crippen molar-refractivity contribution in [2.75, 3.05) is 6.61 Å². The summed E-state index contributed by atoms with van der Waals surface area (Å²) in [5.41, 5.74) is 0. The molecular weight excluding hydrogens is 306 g/mol. The van der Waals surface area contributed by atoms with Gasteiger partial charge in [-0.25, -0.2) is 9.69 Å². The Balaban J connectivity index is 1.79. The summed E-state index contributed by atoms with van der Waals surface area (Å²) in [4.78, 5) is 25.5. The zero-order valence-corrected chi connectivity index (χ0v) is 13.3. The second-order valence-electron chi connectivity index (χ2n) is 6.43. The van der Waals surface area contributed by atoms with Crippen LogP contribution in [0.1, 0.15) is 20.8 Å². The Morgan fingerprint density at radius 1 is 1.48 bits per heavy atom. The maximum atomic E-state index is 12.5. The molecule has 0 unspecified atom stereocenters. The molecule has 3 fully saturated rings. The van der Waals surface area contributed by atoms with Crippen molar-refractivity contribution in [2.45, 2.75) is 57.2 Å². The van der Waals surface area contributed by atoms with Gasteiger partial charge in [0.2, 0.25) is 5.91 Å². The Morgan fingerprint density at radius 2 is 2.17 bits per heavy atom. The lowest BCUT2D eigenvalue weighted by atomic mass is 10.0. The average Bonchev–Trinajstić information content (AvgIpc) is 2.99. The lowest BCUT2D eigenvalue weighted by Gasteiger charge is -2.37. The molecular formula is C15H21NO7. The predicted octanol–water partition coefficient (Wildman–Crippen LogP) is 0.393. The summed E-state index contributed by atoms with van der Waals surface area (Å²) < 4.78 is 22.4. The molecule has 6 atom stereocenters.